The molecule has 0 amide bonds. The van der Waals surface area contributed by atoms with Crippen LogP contribution in [0.25, 0.3) is 0 Å². The number of hydrogen-bond acceptors (Lipinski definition) is 3. The highest BCUT2D eigenvalue weighted by Gasteiger charge is 2.15. The molecular formula is C15H11BrCl2O4. The van der Waals surface area contributed by atoms with E-state index in [4.69, 9.17) is 37.8 Å². The number of aromatic carboxylic acids is 1. The van der Waals surface area contributed by atoms with Crippen LogP contribution in [0.5, 0.6) is 11.5 Å². The van der Waals surface area contributed by atoms with E-state index in [1.807, 2.05) is 0 Å². The van der Waals surface area contributed by atoms with Crippen LogP contribution >= 0.6 is 39.1 Å². The molecule has 4 nitrogen and oxygen atoms in total. The molecular weight excluding hydrogens is 395 g/mol. The first-order valence-corrected chi connectivity index (χ1v) is 7.65. The van der Waals surface area contributed by atoms with Crippen LogP contribution in [-0.2, 0) is 6.61 Å². The number of ether oxygens (including phenoxy) is 2. The Hall–Kier alpha value is -1.43. The third-order valence-corrected chi connectivity index (χ3v) is 4.17. The van der Waals surface area contributed by atoms with E-state index in [1.54, 1.807) is 18.2 Å². The van der Waals surface area contributed by atoms with E-state index in [2.05, 4.69) is 15.9 Å². The van der Waals surface area contributed by atoms with E-state index >= 15 is 0 Å². The van der Waals surface area contributed by atoms with Crippen LogP contribution in [0.3, 0.4) is 0 Å². The lowest BCUT2D eigenvalue weighted by atomic mass is 10.2. The molecule has 7 heteroatoms. The predicted molar refractivity (Wildman–Crippen MR) is 88.4 cm³/mol. The van der Waals surface area contributed by atoms with Crippen molar-refractivity contribution in [1.82, 2.24) is 0 Å². The van der Waals surface area contributed by atoms with Gasteiger partial charge in [-0.05, 0) is 45.8 Å². The second-order valence-corrected chi connectivity index (χ2v) is 6.00. The van der Waals surface area contributed by atoms with Gasteiger partial charge in [-0.15, -0.1) is 0 Å². The topological polar surface area (TPSA) is 55.8 Å². The van der Waals surface area contributed by atoms with E-state index in [-0.39, 0.29) is 12.2 Å². The monoisotopic (exact) mass is 404 g/mol. The Morgan fingerprint density at radius 2 is 1.95 bits per heavy atom. The number of hydrogen-bond donors (Lipinski definition) is 1. The molecule has 1 N–H and O–H groups in total. The van der Waals surface area contributed by atoms with E-state index in [1.165, 1.54) is 19.2 Å². The van der Waals surface area contributed by atoms with Gasteiger partial charge in [0, 0.05) is 0 Å². The molecule has 2 aromatic carbocycles. The van der Waals surface area contributed by atoms with Gasteiger partial charge < -0.3 is 14.6 Å². The summed E-state index contributed by atoms with van der Waals surface area (Å²) in [6.07, 6.45) is 0. The fraction of sp³-hybridized carbons (Fsp3) is 0.133. The van der Waals surface area contributed by atoms with Gasteiger partial charge in [-0.25, -0.2) is 4.79 Å². The van der Waals surface area contributed by atoms with Crippen molar-refractivity contribution in [2.24, 2.45) is 0 Å². The molecule has 0 saturated carbocycles. The lowest BCUT2D eigenvalue weighted by Crippen LogP contribution is -2.02. The van der Waals surface area contributed by atoms with E-state index in [0.29, 0.717) is 26.0 Å². The molecule has 0 fully saturated rings. The first kappa shape index (κ1) is 16.9. The summed E-state index contributed by atoms with van der Waals surface area (Å²) < 4.78 is 11.4. The summed E-state index contributed by atoms with van der Waals surface area (Å²) in [4.78, 5) is 11.0. The zero-order valence-electron chi connectivity index (χ0n) is 11.4. The van der Waals surface area contributed by atoms with Gasteiger partial charge in [0.05, 0.1) is 27.2 Å². The van der Waals surface area contributed by atoms with Crippen LogP contribution < -0.4 is 9.47 Å². The van der Waals surface area contributed by atoms with Crippen molar-refractivity contribution in [3.63, 3.8) is 0 Å². The summed E-state index contributed by atoms with van der Waals surface area (Å²) in [5.74, 6) is -0.305. The maximum Gasteiger partial charge on any atom is 0.335 e. The van der Waals surface area contributed by atoms with E-state index < -0.39 is 5.97 Å². The van der Waals surface area contributed by atoms with Gasteiger partial charge in [-0.3, -0.25) is 0 Å². The molecule has 0 saturated heterocycles. The molecule has 2 rings (SSSR count). The normalized spacial score (nSPS) is 10.4. The number of carboxylic acids is 1. The largest absolute Gasteiger partial charge is 0.493 e. The van der Waals surface area contributed by atoms with Gasteiger partial charge in [0.15, 0.2) is 11.5 Å². The van der Waals surface area contributed by atoms with Gasteiger partial charge in [-0.2, -0.15) is 0 Å². The highest BCUT2D eigenvalue weighted by Crippen LogP contribution is 2.37. The molecule has 0 aliphatic rings. The summed E-state index contributed by atoms with van der Waals surface area (Å²) in [5, 5.41) is 9.95. The molecule has 0 bridgehead atoms. The van der Waals surface area contributed by atoms with E-state index in [0.717, 1.165) is 5.56 Å². The number of halogens is 3. The first-order chi connectivity index (χ1) is 10.4. The average molecular weight is 406 g/mol. The zero-order valence-corrected chi connectivity index (χ0v) is 14.5. The number of rotatable bonds is 5. The number of benzene rings is 2. The van der Waals surface area contributed by atoms with Crippen molar-refractivity contribution >= 4 is 45.1 Å². The third-order valence-electron chi connectivity index (χ3n) is 2.84. The average Bonchev–Trinajstić information content (AvgIpc) is 2.48. The van der Waals surface area contributed by atoms with Crippen molar-refractivity contribution < 1.29 is 19.4 Å². The zero-order chi connectivity index (χ0) is 16.3. The summed E-state index contributed by atoms with van der Waals surface area (Å²) in [6, 6.07) is 8.03. The molecule has 0 aliphatic carbocycles. The van der Waals surface area contributed by atoms with Crippen molar-refractivity contribution in [3.8, 4) is 11.5 Å². The van der Waals surface area contributed by atoms with Crippen LogP contribution in [0.15, 0.2) is 34.8 Å². The molecule has 0 heterocycles. The SMILES string of the molecule is COc1cc(C(=O)O)cc(Br)c1OCc1ccc(Cl)c(Cl)c1. The number of methoxy groups -OCH3 is 1. The summed E-state index contributed by atoms with van der Waals surface area (Å²) in [5.41, 5.74) is 0.927. The quantitative estimate of drug-likeness (QED) is 0.756. The van der Waals surface area contributed by atoms with E-state index in [9.17, 15) is 4.79 Å². The van der Waals surface area contributed by atoms with Crippen LogP contribution in [0.4, 0.5) is 0 Å². The minimum absolute atomic E-state index is 0.102. The van der Waals surface area contributed by atoms with Gasteiger partial charge in [0.2, 0.25) is 0 Å². The van der Waals surface area contributed by atoms with Crippen molar-refractivity contribution in [1.29, 1.82) is 0 Å². The summed E-state index contributed by atoms with van der Waals surface area (Å²) >= 11 is 15.1. The van der Waals surface area contributed by atoms with Crippen molar-refractivity contribution in [3.05, 3.63) is 56.0 Å². The summed E-state index contributed by atoms with van der Waals surface area (Å²) in [7, 11) is 1.44. The second kappa shape index (κ2) is 7.22. The second-order valence-electron chi connectivity index (χ2n) is 4.33. The smallest absolute Gasteiger partial charge is 0.335 e. The highest BCUT2D eigenvalue weighted by molar-refractivity contribution is 9.10. The molecule has 0 unspecified atom stereocenters. The standard InChI is InChI=1S/C15H11BrCl2O4/c1-21-13-6-9(15(19)20)5-10(16)14(13)22-7-8-2-3-11(17)12(18)4-8/h2-6H,7H2,1H3,(H,19,20). The minimum atomic E-state index is -1.05. The molecule has 0 aliphatic heterocycles. The fourth-order valence-corrected chi connectivity index (χ4v) is 2.65. The van der Waals surface area contributed by atoms with Crippen LogP contribution in [-0.4, -0.2) is 18.2 Å². The van der Waals surface area contributed by atoms with Crippen molar-refractivity contribution in [2.75, 3.05) is 7.11 Å². The molecule has 22 heavy (non-hydrogen) atoms. The molecule has 2 aromatic rings. The Morgan fingerprint density at radius 3 is 2.55 bits per heavy atom. The van der Waals surface area contributed by atoms with Crippen LogP contribution in [0.2, 0.25) is 10.0 Å². The van der Waals surface area contributed by atoms with Gasteiger partial charge >= 0.3 is 5.97 Å². The highest BCUT2D eigenvalue weighted by atomic mass is 79.9. The molecule has 0 aromatic heterocycles. The van der Waals surface area contributed by atoms with Crippen LogP contribution in [0.1, 0.15) is 15.9 Å². The molecule has 0 atom stereocenters. The lowest BCUT2D eigenvalue weighted by Gasteiger charge is -2.13. The maximum atomic E-state index is 11.0. The fourth-order valence-electron chi connectivity index (χ4n) is 1.77. The Labute approximate surface area is 145 Å². The van der Waals surface area contributed by atoms with Crippen molar-refractivity contribution in [2.45, 2.75) is 6.61 Å². The third kappa shape index (κ3) is 3.85. The Bertz CT molecular complexity index is 719. The lowest BCUT2D eigenvalue weighted by molar-refractivity contribution is 0.0696. The maximum absolute atomic E-state index is 11.0. The van der Waals surface area contributed by atoms with Crippen LogP contribution in [0, 0.1) is 0 Å². The van der Waals surface area contributed by atoms with Gasteiger partial charge in [0.25, 0.3) is 0 Å². The Morgan fingerprint density at radius 1 is 1.23 bits per heavy atom. The van der Waals surface area contributed by atoms with Gasteiger partial charge in [-0.1, -0.05) is 29.3 Å². The first-order valence-electron chi connectivity index (χ1n) is 6.10. The Balaban J connectivity index is 2.25. The number of carboxylic acid groups (broad SMARTS) is 1. The van der Waals surface area contributed by atoms with Gasteiger partial charge in [0.1, 0.15) is 6.61 Å². The number of carbonyl (C=O) groups is 1. The minimum Gasteiger partial charge on any atom is -0.493 e. The summed E-state index contributed by atoms with van der Waals surface area (Å²) in [6.45, 7) is 0.234. The molecule has 116 valence electrons. The molecule has 0 radical (unpaired) electrons. The Kier molecular flexibility index (Phi) is 5.56. The predicted octanol–water partition coefficient (Wildman–Crippen LogP) is 5.04. The molecule has 0 spiro atoms.